The molecule has 1 amide bonds. The van der Waals surface area contributed by atoms with Gasteiger partial charge in [0.25, 0.3) is 5.91 Å². The molecule has 4 rings (SSSR count). The van der Waals surface area contributed by atoms with E-state index in [1.54, 1.807) is 6.07 Å². The van der Waals surface area contributed by atoms with E-state index in [-0.39, 0.29) is 17.6 Å². The highest BCUT2D eigenvalue weighted by Gasteiger charge is 2.45. The minimum absolute atomic E-state index is 0.0151. The number of carbonyl (C=O) groups is 2. The quantitative estimate of drug-likeness (QED) is 0.305. The first-order chi connectivity index (χ1) is 17.6. The van der Waals surface area contributed by atoms with Gasteiger partial charge in [-0.05, 0) is 80.3 Å². The van der Waals surface area contributed by atoms with Crippen LogP contribution in [-0.2, 0) is 23.8 Å². The van der Waals surface area contributed by atoms with Crippen LogP contribution < -0.4 is 5.32 Å². The van der Waals surface area contributed by atoms with Gasteiger partial charge in [0.1, 0.15) is 5.69 Å². The van der Waals surface area contributed by atoms with Gasteiger partial charge in [0, 0.05) is 11.7 Å². The molecule has 1 fully saturated rings. The van der Waals surface area contributed by atoms with Gasteiger partial charge in [0.2, 0.25) is 0 Å². The van der Waals surface area contributed by atoms with Crippen molar-refractivity contribution in [2.24, 2.45) is 5.92 Å². The average molecular weight is 513 g/mol. The fourth-order valence-electron chi connectivity index (χ4n) is 4.87. The number of aliphatic carboxylic acids is 1. The molecule has 5 nitrogen and oxygen atoms in total. The Kier molecular flexibility index (Phi) is 7.76. The number of carboxylic acids is 1. The van der Waals surface area contributed by atoms with Gasteiger partial charge in [-0.1, -0.05) is 43.3 Å². The number of amides is 1. The summed E-state index contributed by atoms with van der Waals surface area (Å²) in [5, 5.41) is 11.7. The smallest absolute Gasteiger partial charge is 0.418 e. The van der Waals surface area contributed by atoms with Gasteiger partial charge in [0.05, 0.1) is 17.2 Å². The number of nitrogens with one attached hydrogen (secondary N) is 1. The summed E-state index contributed by atoms with van der Waals surface area (Å²) in [7, 11) is 0. The number of halogens is 3. The number of carboxylic acid groups (broad SMARTS) is 1. The van der Waals surface area contributed by atoms with Crippen LogP contribution in [0.3, 0.4) is 0 Å². The first kappa shape index (κ1) is 26.5. The second-order valence-corrected chi connectivity index (χ2v) is 9.72. The van der Waals surface area contributed by atoms with E-state index in [1.165, 1.54) is 17.7 Å². The SMILES string of the molecule is CCC(C)n1c(CCCc2ccccc2)ccc1C(=O)Nc1cc([C@H]2C[C@H]2C(=O)O)ccc1C(F)(F)F. The van der Waals surface area contributed by atoms with Gasteiger partial charge in [-0.15, -0.1) is 0 Å². The molecule has 0 bridgehead atoms. The molecule has 1 saturated carbocycles. The number of nitrogens with zero attached hydrogens (tertiary/aromatic N) is 1. The predicted octanol–water partition coefficient (Wildman–Crippen LogP) is 7.09. The van der Waals surface area contributed by atoms with E-state index in [1.807, 2.05) is 42.7 Å². The molecule has 1 heterocycles. The molecule has 1 aromatic heterocycles. The summed E-state index contributed by atoms with van der Waals surface area (Å²) in [5.74, 6) is -2.55. The molecule has 0 aliphatic heterocycles. The maximum absolute atomic E-state index is 13.7. The van der Waals surface area contributed by atoms with E-state index in [9.17, 15) is 27.9 Å². The Labute approximate surface area is 214 Å². The zero-order valence-corrected chi connectivity index (χ0v) is 20.9. The van der Waals surface area contributed by atoms with Crippen molar-refractivity contribution < 1.29 is 27.9 Å². The summed E-state index contributed by atoms with van der Waals surface area (Å²) in [6.07, 6.45) is -1.06. The summed E-state index contributed by atoms with van der Waals surface area (Å²) in [6, 6.07) is 17.1. The van der Waals surface area contributed by atoms with E-state index >= 15 is 0 Å². The highest BCUT2D eigenvalue weighted by atomic mass is 19.4. The summed E-state index contributed by atoms with van der Waals surface area (Å²) in [4.78, 5) is 24.6. The molecule has 1 aliphatic carbocycles. The molecule has 196 valence electrons. The molecular formula is C29H31F3N2O3. The lowest BCUT2D eigenvalue weighted by Crippen LogP contribution is -2.22. The van der Waals surface area contributed by atoms with Crippen molar-refractivity contribution in [1.29, 1.82) is 0 Å². The van der Waals surface area contributed by atoms with Crippen LogP contribution in [0.1, 0.15) is 77.9 Å². The summed E-state index contributed by atoms with van der Waals surface area (Å²) >= 11 is 0. The maximum atomic E-state index is 13.7. The summed E-state index contributed by atoms with van der Waals surface area (Å²) in [5.41, 5.74) is 1.66. The number of carbonyl (C=O) groups excluding carboxylic acids is 1. The third-order valence-electron chi connectivity index (χ3n) is 7.14. The monoisotopic (exact) mass is 512 g/mol. The topological polar surface area (TPSA) is 71.3 Å². The molecule has 0 spiro atoms. The number of hydrogen-bond donors (Lipinski definition) is 2. The molecule has 2 N–H and O–H groups in total. The third-order valence-corrected chi connectivity index (χ3v) is 7.14. The molecule has 8 heteroatoms. The molecule has 2 aromatic carbocycles. The summed E-state index contributed by atoms with van der Waals surface area (Å²) in [6.45, 7) is 3.98. The van der Waals surface area contributed by atoms with E-state index in [2.05, 4.69) is 17.4 Å². The molecule has 0 radical (unpaired) electrons. The molecule has 0 saturated heterocycles. The molecule has 37 heavy (non-hydrogen) atoms. The number of anilines is 1. The van der Waals surface area contributed by atoms with Crippen LogP contribution >= 0.6 is 0 Å². The lowest BCUT2D eigenvalue weighted by molar-refractivity contribution is -0.139. The Bertz CT molecular complexity index is 1270. The van der Waals surface area contributed by atoms with Crippen LogP contribution in [-0.4, -0.2) is 21.6 Å². The molecular weight excluding hydrogens is 481 g/mol. The van der Waals surface area contributed by atoms with Crippen molar-refractivity contribution in [2.75, 3.05) is 5.32 Å². The number of aryl methyl sites for hydroxylation is 2. The minimum atomic E-state index is -4.67. The van der Waals surface area contributed by atoms with Crippen molar-refractivity contribution in [1.82, 2.24) is 4.57 Å². The fraction of sp³-hybridized carbons (Fsp3) is 0.379. The zero-order valence-electron chi connectivity index (χ0n) is 20.9. The first-order valence-corrected chi connectivity index (χ1v) is 12.6. The van der Waals surface area contributed by atoms with Crippen LogP contribution in [0, 0.1) is 5.92 Å². The van der Waals surface area contributed by atoms with Gasteiger partial charge in [-0.25, -0.2) is 0 Å². The molecule has 3 aromatic rings. The largest absolute Gasteiger partial charge is 0.481 e. The minimum Gasteiger partial charge on any atom is -0.481 e. The van der Waals surface area contributed by atoms with Crippen LogP contribution in [0.5, 0.6) is 0 Å². The van der Waals surface area contributed by atoms with E-state index in [4.69, 9.17) is 0 Å². The number of hydrogen-bond acceptors (Lipinski definition) is 2. The van der Waals surface area contributed by atoms with Gasteiger partial charge in [-0.2, -0.15) is 13.2 Å². The van der Waals surface area contributed by atoms with Gasteiger partial charge in [-0.3, -0.25) is 9.59 Å². The second kappa shape index (κ2) is 10.8. The number of aromatic nitrogens is 1. The Morgan fingerprint density at radius 1 is 1.08 bits per heavy atom. The molecule has 1 aliphatic rings. The Morgan fingerprint density at radius 3 is 2.43 bits per heavy atom. The molecule has 1 unspecified atom stereocenters. The number of benzene rings is 2. The second-order valence-electron chi connectivity index (χ2n) is 9.72. The van der Waals surface area contributed by atoms with Gasteiger partial charge >= 0.3 is 12.1 Å². The van der Waals surface area contributed by atoms with Crippen molar-refractivity contribution in [3.05, 3.63) is 88.7 Å². The zero-order chi connectivity index (χ0) is 26.7. The van der Waals surface area contributed by atoms with E-state index in [0.717, 1.165) is 37.4 Å². The lowest BCUT2D eigenvalue weighted by atomic mass is 10.0. The van der Waals surface area contributed by atoms with Crippen molar-refractivity contribution in [3.63, 3.8) is 0 Å². The summed E-state index contributed by atoms with van der Waals surface area (Å²) < 4.78 is 43.2. The van der Waals surface area contributed by atoms with Crippen LogP contribution in [0.4, 0.5) is 18.9 Å². The maximum Gasteiger partial charge on any atom is 0.418 e. The predicted molar refractivity (Wildman–Crippen MR) is 136 cm³/mol. The Balaban J connectivity index is 1.58. The van der Waals surface area contributed by atoms with Crippen LogP contribution in [0.25, 0.3) is 0 Å². The van der Waals surface area contributed by atoms with Gasteiger partial charge in [0.15, 0.2) is 0 Å². The number of alkyl halides is 3. The Hall–Kier alpha value is -3.55. The van der Waals surface area contributed by atoms with Crippen LogP contribution in [0.15, 0.2) is 60.7 Å². The normalized spacial score (nSPS) is 17.9. The highest BCUT2D eigenvalue weighted by molar-refractivity contribution is 6.04. The molecule has 3 atom stereocenters. The van der Waals surface area contributed by atoms with Crippen LogP contribution in [0.2, 0.25) is 0 Å². The Morgan fingerprint density at radius 2 is 1.81 bits per heavy atom. The van der Waals surface area contributed by atoms with E-state index in [0.29, 0.717) is 17.7 Å². The average Bonchev–Trinajstić information content (AvgIpc) is 3.57. The van der Waals surface area contributed by atoms with Crippen molar-refractivity contribution in [2.45, 2.75) is 64.1 Å². The first-order valence-electron chi connectivity index (χ1n) is 12.6. The lowest BCUT2D eigenvalue weighted by Gasteiger charge is -2.20. The number of rotatable bonds is 10. The van der Waals surface area contributed by atoms with Gasteiger partial charge < -0.3 is 15.0 Å². The fourth-order valence-corrected chi connectivity index (χ4v) is 4.87. The standard InChI is InChI=1S/C29H31F3N2O3/c1-3-18(2)34-21(11-7-10-19-8-5-4-6-9-19)13-15-26(34)27(35)33-25-16-20(22-17-23(22)28(36)37)12-14-24(25)29(30,31)32/h4-6,8-9,12-16,18,22-23H,3,7,10-11,17H2,1-2H3,(H,33,35)(H,36,37)/t18?,22-,23-/m1/s1. The highest BCUT2D eigenvalue weighted by Crippen LogP contribution is 2.49. The third kappa shape index (κ3) is 6.06. The van der Waals surface area contributed by atoms with Crippen molar-refractivity contribution >= 4 is 17.6 Å². The van der Waals surface area contributed by atoms with Crippen molar-refractivity contribution in [3.8, 4) is 0 Å². The van der Waals surface area contributed by atoms with E-state index < -0.39 is 29.5 Å².